The first kappa shape index (κ1) is 13.6. The summed E-state index contributed by atoms with van der Waals surface area (Å²) in [7, 11) is 0. The highest BCUT2D eigenvalue weighted by Crippen LogP contribution is 2.11. The van der Waals surface area contributed by atoms with Crippen molar-refractivity contribution in [2.75, 3.05) is 26.4 Å². The van der Waals surface area contributed by atoms with Crippen molar-refractivity contribution in [3.8, 4) is 5.75 Å². The third kappa shape index (κ3) is 4.11. The molecular formula is C13H19N3O3. The lowest BCUT2D eigenvalue weighted by molar-refractivity contribution is 0.188. The molecule has 0 aromatic heterocycles. The summed E-state index contributed by atoms with van der Waals surface area (Å²) in [5.74, 6) is 0.855. The number of ether oxygens (including phenoxy) is 2. The van der Waals surface area contributed by atoms with Crippen LogP contribution in [-0.2, 0) is 4.74 Å². The zero-order valence-corrected chi connectivity index (χ0v) is 10.7. The maximum atomic E-state index is 8.55. The molecule has 1 heterocycles. The summed E-state index contributed by atoms with van der Waals surface area (Å²) >= 11 is 0. The molecule has 4 N–H and O–H groups in total. The van der Waals surface area contributed by atoms with E-state index >= 15 is 0 Å². The molecule has 0 amide bonds. The third-order valence-corrected chi connectivity index (χ3v) is 2.99. The minimum atomic E-state index is 0.0921. The molecule has 1 aromatic rings. The van der Waals surface area contributed by atoms with Gasteiger partial charge in [-0.3, -0.25) is 0 Å². The van der Waals surface area contributed by atoms with Crippen LogP contribution >= 0.6 is 0 Å². The number of nitrogens with zero attached hydrogens (tertiary/aromatic N) is 1. The highest BCUT2D eigenvalue weighted by Gasteiger charge is 2.13. The van der Waals surface area contributed by atoms with Crippen LogP contribution in [-0.4, -0.2) is 43.5 Å². The van der Waals surface area contributed by atoms with Gasteiger partial charge in [-0.2, -0.15) is 0 Å². The molecule has 0 aliphatic carbocycles. The lowest BCUT2D eigenvalue weighted by Crippen LogP contribution is -2.32. The minimum absolute atomic E-state index is 0.0921. The Morgan fingerprint density at radius 3 is 2.89 bits per heavy atom. The number of hydrogen-bond acceptors (Lipinski definition) is 5. The van der Waals surface area contributed by atoms with Crippen LogP contribution in [0.15, 0.2) is 29.4 Å². The van der Waals surface area contributed by atoms with Crippen molar-refractivity contribution >= 4 is 5.84 Å². The van der Waals surface area contributed by atoms with E-state index in [1.807, 2.05) is 0 Å². The third-order valence-electron chi connectivity index (χ3n) is 2.99. The lowest BCUT2D eigenvalue weighted by Gasteiger charge is -2.11. The molecule has 6 nitrogen and oxygen atoms in total. The van der Waals surface area contributed by atoms with E-state index in [0.29, 0.717) is 18.2 Å². The van der Waals surface area contributed by atoms with Crippen LogP contribution in [0.2, 0.25) is 0 Å². The van der Waals surface area contributed by atoms with Crippen LogP contribution in [0.4, 0.5) is 0 Å². The fraction of sp³-hybridized carbons (Fsp3) is 0.462. The van der Waals surface area contributed by atoms with Crippen LogP contribution in [0.25, 0.3) is 0 Å². The van der Waals surface area contributed by atoms with E-state index in [1.54, 1.807) is 24.3 Å². The van der Waals surface area contributed by atoms with Crippen molar-refractivity contribution < 1.29 is 14.7 Å². The van der Waals surface area contributed by atoms with E-state index in [2.05, 4.69) is 10.5 Å². The Labute approximate surface area is 112 Å². The molecule has 1 atom stereocenters. The molecule has 1 fully saturated rings. The molecule has 1 aliphatic rings. The van der Waals surface area contributed by atoms with E-state index in [9.17, 15) is 0 Å². The number of hydrogen-bond donors (Lipinski definition) is 3. The van der Waals surface area contributed by atoms with Gasteiger partial charge in [0.05, 0.1) is 6.61 Å². The monoisotopic (exact) mass is 265 g/mol. The van der Waals surface area contributed by atoms with Crippen LogP contribution < -0.4 is 15.8 Å². The number of amidine groups is 1. The van der Waals surface area contributed by atoms with E-state index in [-0.39, 0.29) is 5.84 Å². The summed E-state index contributed by atoms with van der Waals surface area (Å²) in [4.78, 5) is 0. The van der Waals surface area contributed by atoms with Gasteiger partial charge >= 0.3 is 0 Å². The Kier molecular flexibility index (Phi) is 5.00. The fourth-order valence-corrected chi connectivity index (χ4v) is 1.91. The van der Waals surface area contributed by atoms with Gasteiger partial charge in [-0.1, -0.05) is 5.16 Å². The molecule has 0 spiro atoms. The van der Waals surface area contributed by atoms with Crippen molar-refractivity contribution in [2.45, 2.75) is 12.5 Å². The number of benzene rings is 1. The smallest absolute Gasteiger partial charge is 0.170 e. The number of nitrogens with two attached hydrogens (primary N) is 1. The fourth-order valence-electron chi connectivity index (χ4n) is 1.91. The second kappa shape index (κ2) is 6.96. The number of oxime groups is 1. The first-order chi connectivity index (χ1) is 9.29. The molecular weight excluding hydrogens is 246 g/mol. The summed E-state index contributed by atoms with van der Waals surface area (Å²) in [5.41, 5.74) is 6.14. The predicted octanol–water partition coefficient (Wildman–Crippen LogP) is 0.538. The van der Waals surface area contributed by atoms with Crippen molar-refractivity contribution in [1.29, 1.82) is 0 Å². The van der Waals surface area contributed by atoms with Gasteiger partial charge < -0.3 is 25.7 Å². The van der Waals surface area contributed by atoms with Crippen molar-refractivity contribution in [3.63, 3.8) is 0 Å². The normalized spacial score (nSPS) is 19.6. The second-order valence-corrected chi connectivity index (χ2v) is 4.37. The van der Waals surface area contributed by atoms with E-state index in [1.165, 1.54) is 0 Å². The molecule has 1 saturated heterocycles. The van der Waals surface area contributed by atoms with Gasteiger partial charge in [0.25, 0.3) is 0 Å². The van der Waals surface area contributed by atoms with Crippen molar-refractivity contribution in [1.82, 2.24) is 5.32 Å². The standard InChI is InChI=1S/C13H19N3O3/c14-13(16-17)10-1-3-12(4-2-10)19-8-6-15-11-5-7-18-9-11/h1-4,11,15,17H,5-9H2,(H2,14,16). The lowest BCUT2D eigenvalue weighted by atomic mass is 10.2. The van der Waals surface area contributed by atoms with Gasteiger partial charge in [0.1, 0.15) is 12.4 Å². The van der Waals surface area contributed by atoms with Gasteiger partial charge in [0.15, 0.2) is 5.84 Å². The summed E-state index contributed by atoms with van der Waals surface area (Å²) in [6.07, 6.45) is 1.06. The summed E-state index contributed by atoms with van der Waals surface area (Å²) in [6.45, 7) is 3.01. The Balaban J connectivity index is 1.70. The molecule has 2 rings (SSSR count). The molecule has 0 saturated carbocycles. The molecule has 0 radical (unpaired) electrons. The summed E-state index contributed by atoms with van der Waals surface area (Å²) in [5, 5.41) is 14.9. The van der Waals surface area contributed by atoms with E-state index in [0.717, 1.165) is 31.9 Å². The minimum Gasteiger partial charge on any atom is -0.492 e. The molecule has 19 heavy (non-hydrogen) atoms. The Bertz CT molecular complexity index is 414. The van der Waals surface area contributed by atoms with Crippen LogP contribution in [0.5, 0.6) is 5.75 Å². The molecule has 1 aromatic carbocycles. The van der Waals surface area contributed by atoms with Gasteiger partial charge in [-0.15, -0.1) is 0 Å². The topological polar surface area (TPSA) is 89.1 Å². The first-order valence-corrected chi connectivity index (χ1v) is 6.31. The van der Waals surface area contributed by atoms with Crippen molar-refractivity contribution in [2.24, 2.45) is 10.9 Å². The molecule has 0 bridgehead atoms. The zero-order valence-electron chi connectivity index (χ0n) is 10.7. The van der Waals surface area contributed by atoms with Gasteiger partial charge in [0.2, 0.25) is 0 Å². The Hall–Kier alpha value is -1.79. The molecule has 1 unspecified atom stereocenters. The van der Waals surface area contributed by atoms with Gasteiger partial charge in [0, 0.05) is 24.8 Å². The number of rotatable bonds is 6. The average Bonchev–Trinajstić information content (AvgIpc) is 2.96. The summed E-state index contributed by atoms with van der Waals surface area (Å²) < 4.78 is 10.9. The van der Waals surface area contributed by atoms with E-state index < -0.39 is 0 Å². The maximum Gasteiger partial charge on any atom is 0.170 e. The van der Waals surface area contributed by atoms with Gasteiger partial charge in [-0.05, 0) is 30.7 Å². The Morgan fingerprint density at radius 2 is 2.26 bits per heavy atom. The second-order valence-electron chi connectivity index (χ2n) is 4.37. The molecule has 1 aliphatic heterocycles. The molecule has 6 heteroatoms. The quantitative estimate of drug-likeness (QED) is 0.230. The average molecular weight is 265 g/mol. The highest BCUT2D eigenvalue weighted by atomic mass is 16.5. The SMILES string of the molecule is N/C(=N/O)c1ccc(OCCNC2CCOC2)cc1. The van der Waals surface area contributed by atoms with Crippen LogP contribution in [0, 0.1) is 0 Å². The Morgan fingerprint density at radius 1 is 1.47 bits per heavy atom. The van der Waals surface area contributed by atoms with Crippen LogP contribution in [0.1, 0.15) is 12.0 Å². The summed E-state index contributed by atoms with van der Waals surface area (Å²) in [6, 6.07) is 7.55. The van der Waals surface area contributed by atoms with Crippen LogP contribution in [0.3, 0.4) is 0 Å². The van der Waals surface area contributed by atoms with Gasteiger partial charge in [-0.25, -0.2) is 0 Å². The maximum absolute atomic E-state index is 8.55. The van der Waals surface area contributed by atoms with Crippen molar-refractivity contribution in [3.05, 3.63) is 29.8 Å². The zero-order chi connectivity index (χ0) is 13.5. The first-order valence-electron chi connectivity index (χ1n) is 6.31. The predicted molar refractivity (Wildman–Crippen MR) is 71.7 cm³/mol. The molecule has 104 valence electrons. The number of nitrogens with one attached hydrogen (secondary N) is 1. The highest BCUT2D eigenvalue weighted by molar-refractivity contribution is 5.97. The van der Waals surface area contributed by atoms with E-state index in [4.69, 9.17) is 20.4 Å². The largest absolute Gasteiger partial charge is 0.492 e.